The molecule has 0 amide bonds. The Morgan fingerprint density at radius 3 is 2.50 bits per heavy atom. The van der Waals surface area contributed by atoms with Gasteiger partial charge in [-0.3, -0.25) is 9.59 Å². The van der Waals surface area contributed by atoms with Gasteiger partial charge in [-0.1, -0.05) is 0 Å². The van der Waals surface area contributed by atoms with Crippen LogP contribution in [0.5, 0.6) is 0 Å². The minimum atomic E-state index is -0.294. The summed E-state index contributed by atoms with van der Waals surface area (Å²) in [6, 6.07) is 0. The van der Waals surface area contributed by atoms with E-state index in [1.54, 1.807) is 6.92 Å². The number of ether oxygens (including phenoxy) is 2. The topological polar surface area (TPSA) is 64.6 Å². The van der Waals surface area contributed by atoms with Crippen molar-refractivity contribution < 1.29 is 19.1 Å². The lowest BCUT2D eigenvalue weighted by Crippen LogP contribution is -2.24. The minimum absolute atomic E-state index is 0.215. The quantitative estimate of drug-likeness (QED) is 0.469. The van der Waals surface area contributed by atoms with Gasteiger partial charge in [-0.15, -0.1) is 0 Å². The van der Waals surface area contributed by atoms with Gasteiger partial charge in [-0.05, 0) is 6.92 Å². The third kappa shape index (κ3) is 8.99. The van der Waals surface area contributed by atoms with Crippen LogP contribution >= 0.6 is 0 Å². The third-order valence-corrected chi connectivity index (χ3v) is 1.40. The van der Waals surface area contributed by atoms with Gasteiger partial charge in [0, 0.05) is 20.0 Å². The van der Waals surface area contributed by atoms with E-state index >= 15 is 0 Å². The van der Waals surface area contributed by atoms with Crippen molar-refractivity contribution in [3.8, 4) is 0 Å². The van der Waals surface area contributed by atoms with Crippen molar-refractivity contribution in [1.29, 1.82) is 0 Å². The highest BCUT2D eigenvalue weighted by Crippen LogP contribution is 1.83. The van der Waals surface area contributed by atoms with Gasteiger partial charge >= 0.3 is 11.9 Å². The molecule has 5 nitrogen and oxygen atoms in total. The van der Waals surface area contributed by atoms with Crippen LogP contribution in [0.2, 0.25) is 0 Å². The summed E-state index contributed by atoms with van der Waals surface area (Å²) < 4.78 is 9.40. The lowest BCUT2D eigenvalue weighted by molar-refractivity contribution is -0.143. The average Bonchev–Trinajstić information content (AvgIpc) is 2.11. The number of carbonyl (C=O) groups is 2. The fraction of sp³-hybridized carbons (Fsp3) is 0.778. The fourth-order valence-electron chi connectivity index (χ4n) is 0.816. The Bertz CT molecular complexity index is 182. The third-order valence-electron chi connectivity index (χ3n) is 1.40. The number of hydrogen-bond acceptors (Lipinski definition) is 5. The molecule has 1 N–H and O–H groups in total. The van der Waals surface area contributed by atoms with Crippen molar-refractivity contribution in [3.05, 3.63) is 0 Å². The highest BCUT2D eigenvalue weighted by atomic mass is 16.5. The number of rotatable bonds is 7. The standard InChI is InChI=1S/C9H17NO4/c1-3-13-9(12)4-5-10-6-7-14-8(2)11/h10H,3-7H2,1-2H3. The molecule has 0 saturated heterocycles. The van der Waals surface area contributed by atoms with Crippen molar-refractivity contribution in [2.75, 3.05) is 26.3 Å². The second kappa shape index (κ2) is 8.50. The zero-order valence-electron chi connectivity index (χ0n) is 8.67. The van der Waals surface area contributed by atoms with Gasteiger partial charge in [0.15, 0.2) is 0 Å². The van der Waals surface area contributed by atoms with Crippen LogP contribution in [0.3, 0.4) is 0 Å². The van der Waals surface area contributed by atoms with Crippen LogP contribution in [0.25, 0.3) is 0 Å². The predicted octanol–water partition coefficient (Wildman–Crippen LogP) is 0.0923. The van der Waals surface area contributed by atoms with Crippen molar-refractivity contribution in [3.63, 3.8) is 0 Å². The molecule has 0 aromatic rings. The van der Waals surface area contributed by atoms with E-state index in [0.717, 1.165) is 0 Å². The largest absolute Gasteiger partial charge is 0.466 e. The summed E-state index contributed by atoms with van der Waals surface area (Å²) in [6.07, 6.45) is 0.341. The van der Waals surface area contributed by atoms with Crippen LogP contribution in [-0.2, 0) is 19.1 Å². The highest BCUT2D eigenvalue weighted by Gasteiger charge is 1.99. The zero-order valence-corrected chi connectivity index (χ0v) is 8.67. The summed E-state index contributed by atoms with van der Waals surface area (Å²) in [7, 11) is 0. The van der Waals surface area contributed by atoms with Crippen molar-refractivity contribution in [2.24, 2.45) is 0 Å². The molecule has 0 radical (unpaired) electrons. The first-order valence-corrected chi connectivity index (χ1v) is 4.66. The second-order valence-corrected chi connectivity index (χ2v) is 2.65. The van der Waals surface area contributed by atoms with E-state index < -0.39 is 0 Å². The first kappa shape index (κ1) is 12.9. The predicted molar refractivity (Wildman–Crippen MR) is 50.8 cm³/mol. The Kier molecular flexibility index (Phi) is 7.83. The molecular weight excluding hydrogens is 186 g/mol. The normalized spacial score (nSPS) is 9.57. The van der Waals surface area contributed by atoms with Gasteiger partial charge in [0.1, 0.15) is 6.61 Å². The summed E-state index contributed by atoms with van der Waals surface area (Å²) in [5, 5.41) is 2.95. The molecule has 0 aliphatic carbocycles. The van der Waals surface area contributed by atoms with E-state index in [0.29, 0.717) is 32.7 Å². The van der Waals surface area contributed by atoms with Crippen LogP contribution in [0.15, 0.2) is 0 Å². The van der Waals surface area contributed by atoms with Gasteiger partial charge in [-0.25, -0.2) is 0 Å². The van der Waals surface area contributed by atoms with Crippen LogP contribution in [0.4, 0.5) is 0 Å². The molecule has 0 unspecified atom stereocenters. The number of carbonyl (C=O) groups excluding carboxylic acids is 2. The van der Waals surface area contributed by atoms with Crippen molar-refractivity contribution in [2.45, 2.75) is 20.3 Å². The second-order valence-electron chi connectivity index (χ2n) is 2.65. The van der Waals surface area contributed by atoms with Crippen LogP contribution in [0.1, 0.15) is 20.3 Å². The average molecular weight is 203 g/mol. The van der Waals surface area contributed by atoms with Crippen LogP contribution in [-0.4, -0.2) is 38.2 Å². The monoisotopic (exact) mass is 203 g/mol. The first-order chi connectivity index (χ1) is 6.66. The number of nitrogens with one attached hydrogen (secondary N) is 1. The molecule has 0 aliphatic rings. The van der Waals surface area contributed by atoms with Crippen LogP contribution in [0, 0.1) is 0 Å². The van der Waals surface area contributed by atoms with Gasteiger partial charge < -0.3 is 14.8 Å². The van der Waals surface area contributed by atoms with Gasteiger partial charge in [0.2, 0.25) is 0 Å². The number of esters is 2. The molecule has 0 aromatic carbocycles. The van der Waals surface area contributed by atoms with Crippen molar-refractivity contribution >= 4 is 11.9 Å². The van der Waals surface area contributed by atoms with E-state index in [1.807, 2.05) is 0 Å². The lowest BCUT2D eigenvalue weighted by atomic mass is 10.4. The molecule has 0 aliphatic heterocycles. The molecule has 0 rings (SSSR count). The molecule has 0 heterocycles. The molecule has 82 valence electrons. The molecule has 14 heavy (non-hydrogen) atoms. The molecule has 0 bridgehead atoms. The van der Waals surface area contributed by atoms with E-state index in [9.17, 15) is 9.59 Å². The van der Waals surface area contributed by atoms with Crippen molar-refractivity contribution in [1.82, 2.24) is 5.32 Å². The summed E-state index contributed by atoms with van der Waals surface area (Å²) in [5.74, 6) is -0.510. The molecule has 0 fully saturated rings. The summed E-state index contributed by atoms with van der Waals surface area (Å²) in [4.78, 5) is 21.2. The zero-order chi connectivity index (χ0) is 10.8. The van der Waals surface area contributed by atoms with E-state index in [1.165, 1.54) is 6.92 Å². The fourth-order valence-corrected chi connectivity index (χ4v) is 0.816. The van der Waals surface area contributed by atoms with E-state index in [-0.39, 0.29) is 11.9 Å². The molecule has 0 saturated carbocycles. The first-order valence-electron chi connectivity index (χ1n) is 4.66. The minimum Gasteiger partial charge on any atom is -0.466 e. The van der Waals surface area contributed by atoms with Gasteiger partial charge in [0.25, 0.3) is 0 Å². The lowest BCUT2D eigenvalue weighted by Gasteiger charge is -2.04. The molecule has 0 aromatic heterocycles. The Hall–Kier alpha value is -1.10. The highest BCUT2D eigenvalue weighted by molar-refractivity contribution is 5.69. The molecular formula is C9H17NO4. The Morgan fingerprint density at radius 2 is 1.93 bits per heavy atom. The van der Waals surface area contributed by atoms with Gasteiger partial charge in [0.05, 0.1) is 13.0 Å². The SMILES string of the molecule is CCOC(=O)CCNCCOC(C)=O. The molecule has 5 heteroatoms. The molecule has 0 atom stereocenters. The Morgan fingerprint density at radius 1 is 1.21 bits per heavy atom. The Balaban J connectivity index is 3.13. The van der Waals surface area contributed by atoms with E-state index in [2.05, 4.69) is 10.1 Å². The van der Waals surface area contributed by atoms with E-state index in [4.69, 9.17) is 4.74 Å². The van der Waals surface area contributed by atoms with Gasteiger partial charge in [-0.2, -0.15) is 0 Å². The molecule has 0 spiro atoms. The summed E-state index contributed by atoms with van der Waals surface area (Å²) in [5.41, 5.74) is 0. The summed E-state index contributed by atoms with van der Waals surface area (Å²) >= 11 is 0. The maximum absolute atomic E-state index is 10.8. The smallest absolute Gasteiger partial charge is 0.307 e. The number of hydrogen-bond donors (Lipinski definition) is 1. The maximum atomic E-state index is 10.8. The van der Waals surface area contributed by atoms with Crippen LogP contribution < -0.4 is 5.32 Å². The Labute approximate surface area is 83.8 Å². The summed E-state index contributed by atoms with van der Waals surface area (Å²) in [6.45, 7) is 4.97. The maximum Gasteiger partial charge on any atom is 0.307 e.